The fourth-order valence-corrected chi connectivity index (χ4v) is 3.18. The summed E-state index contributed by atoms with van der Waals surface area (Å²) in [4.78, 5) is 15.5. The summed E-state index contributed by atoms with van der Waals surface area (Å²) in [6, 6.07) is 11.4. The molecule has 0 radical (unpaired) electrons. The number of rotatable bonds is 10. The zero-order chi connectivity index (χ0) is 21.5. The summed E-state index contributed by atoms with van der Waals surface area (Å²) in [7, 11) is 1.61. The van der Waals surface area contributed by atoms with Crippen LogP contribution in [0.3, 0.4) is 0 Å². The third kappa shape index (κ3) is 4.82. The van der Waals surface area contributed by atoms with Crippen molar-refractivity contribution < 1.29 is 23.4 Å². The average Bonchev–Trinajstić information content (AvgIpc) is 3.23. The van der Waals surface area contributed by atoms with Crippen molar-refractivity contribution in [2.24, 2.45) is 0 Å². The van der Waals surface area contributed by atoms with Crippen molar-refractivity contribution in [1.29, 1.82) is 0 Å². The standard InChI is InChI=1S/C24H27NO5/c1-5-28-22-14-18(11-12-21(22)27-4)24-25-20(15-29-24)19-10-6-8-17(9-7-13-26)23(19)30-16(2)3/h6,8,10-16H,5,7,9H2,1-4H3. The third-order valence-electron chi connectivity index (χ3n) is 4.47. The number of carbonyl (C=O) groups is 1. The van der Waals surface area contributed by atoms with E-state index in [2.05, 4.69) is 4.98 Å². The van der Waals surface area contributed by atoms with Gasteiger partial charge in [-0.2, -0.15) is 0 Å². The van der Waals surface area contributed by atoms with Crippen molar-refractivity contribution in [1.82, 2.24) is 4.98 Å². The fourth-order valence-electron chi connectivity index (χ4n) is 3.18. The van der Waals surface area contributed by atoms with Crippen LogP contribution in [0.15, 0.2) is 47.1 Å². The molecule has 0 saturated carbocycles. The molecule has 0 amide bonds. The van der Waals surface area contributed by atoms with Gasteiger partial charge >= 0.3 is 0 Å². The highest BCUT2D eigenvalue weighted by molar-refractivity contribution is 5.71. The highest BCUT2D eigenvalue weighted by Crippen LogP contribution is 2.37. The number of hydrogen-bond acceptors (Lipinski definition) is 6. The average molecular weight is 409 g/mol. The minimum atomic E-state index is -0.0113. The van der Waals surface area contributed by atoms with E-state index < -0.39 is 0 Å². The summed E-state index contributed by atoms with van der Waals surface area (Å²) in [5.41, 5.74) is 3.26. The largest absolute Gasteiger partial charge is 0.493 e. The van der Waals surface area contributed by atoms with Crippen molar-refractivity contribution in [3.8, 4) is 40.0 Å². The van der Waals surface area contributed by atoms with Gasteiger partial charge in [-0.1, -0.05) is 12.1 Å². The molecule has 2 aromatic carbocycles. The second kappa shape index (κ2) is 9.96. The second-order valence-corrected chi connectivity index (χ2v) is 7.00. The number of nitrogens with zero attached hydrogens (tertiary/aromatic N) is 1. The van der Waals surface area contributed by atoms with Crippen LogP contribution in [0.25, 0.3) is 22.7 Å². The van der Waals surface area contributed by atoms with Crippen LogP contribution < -0.4 is 14.2 Å². The molecule has 0 atom stereocenters. The Morgan fingerprint density at radius 2 is 2.00 bits per heavy atom. The minimum Gasteiger partial charge on any atom is -0.493 e. The molecule has 0 saturated heterocycles. The summed E-state index contributed by atoms with van der Waals surface area (Å²) in [6.07, 6.45) is 3.57. The first-order valence-corrected chi connectivity index (χ1v) is 10.1. The van der Waals surface area contributed by atoms with Gasteiger partial charge in [0.25, 0.3) is 0 Å². The molecule has 0 fully saturated rings. The van der Waals surface area contributed by atoms with Crippen LogP contribution in [0, 0.1) is 0 Å². The first-order chi connectivity index (χ1) is 14.6. The Morgan fingerprint density at radius 3 is 2.70 bits per heavy atom. The lowest BCUT2D eigenvalue weighted by Crippen LogP contribution is -2.09. The van der Waals surface area contributed by atoms with Crippen LogP contribution in [0.1, 0.15) is 32.8 Å². The van der Waals surface area contributed by atoms with Gasteiger partial charge in [0, 0.05) is 17.5 Å². The van der Waals surface area contributed by atoms with Gasteiger partial charge in [0.15, 0.2) is 11.5 Å². The van der Waals surface area contributed by atoms with Crippen LogP contribution in [0.2, 0.25) is 0 Å². The molecule has 6 nitrogen and oxygen atoms in total. The molecule has 30 heavy (non-hydrogen) atoms. The molecule has 6 heteroatoms. The first kappa shape index (κ1) is 21.4. The van der Waals surface area contributed by atoms with Gasteiger partial charge < -0.3 is 23.4 Å². The molecular weight excluding hydrogens is 382 g/mol. The highest BCUT2D eigenvalue weighted by atomic mass is 16.5. The number of oxazole rings is 1. The predicted molar refractivity (Wildman–Crippen MR) is 115 cm³/mol. The molecule has 0 aliphatic rings. The van der Waals surface area contributed by atoms with E-state index in [1.165, 1.54) is 0 Å². The van der Waals surface area contributed by atoms with Crippen molar-refractivity contribution in [2.45, 2.75) is 39.7 Å². The van der Waals surface area contributed by atoms with Crippen LogP contribution in [0.5, 0.6) is 17.2 Å². The number of carbonyl (C=O) groups excluding carboxylic acids is 1. The predicted octanol–water partition coefficient (Wildman–Crippen LogP) is 5.33. The number of aryl methyl sites for hydroxylation is 1. The van der Waals surface area contributed by atoms with Gasteiger partial charge in [0.2, 0.25) is 5.89 Å². The van der Waals surface area contributed by atoms with Crippen molar-refractivity contribution in [3.05, 3.63) is 48.2 Å². The number of aromatic nitrogens is 1. The van der Waals surface area contributed by atoms with Crippen molar-refractivity contribution in [2.75, 3.05) is 13.7 Å². The van der Waals surface area contributed by atoms with Crippen LogP contribution in [-0.4, -0.2) is 31.1 Å². The Balaban J connectivity index is 2.00. The molecule has 0 bridgehead atoms. The van der Waals surface area contributed by atoms with E-state index >= 15 is 0 Å². The zero-order valence-corrected chi connectivity index (χ0v) is 17.8. The molecule has 1 heterocycles. The first-order valence-electron chi connectivity index (χ1n) is 10.1. The molecule has 158 valence electrons. The Hall–Kier alpha value is -3.28. The lowest BCUT2D eigenvalue weighted by molar-refractivity contribution is -0.107. The number of para-hydroxylation sites is 1. The summed E-state index contributed by atoms with van der Waals surface area (Å²) < 4.78 is 22.9. The Bertz CT molecular complexity index is 993. The van der Waals surface area contributed by atoms with Crippen LogP contribution in [-0.2, 0) is 11.2 Å². The molecule has 0 aliphatic carbocycles. The van der Waals surface area contributed by atoms with Crippen molar-refractivity contribution in [3.63, 3.8) is 0 Å². The Kier molecular flexibility index (Phi) is 7.12. The minimum absolute atomic E-state index is 0.0113. The molecular formula is C24H27NO5. The van der Waals surface area contributed by atoms with Crippen LogP contribution in [0.4, 0.5) is 0 Å². The van der Waals surface area contributed by atoms with Gasteiger partial charge in [-0.25, -0.2) is 4.98 Å². The summed E-state index contributed by atoms with van der Waals surface area (Å²) >= 11 is 0. The van der Waals surface area contributed by atoms with Gasteiger partial charge in [-0.05, 0) is 57.0 Å². The Labute approximate surface area is 176 Å². The molecule has 0 unspecified atom stereocenters. The van der Waals surface area contributed by atoms with Crippen molar-refractivity contribution >= 4 is 6.29 Å². The maximum atomic E-state index is 10.9. The van der Waals surface area contributed by atoms with E-state index in [4.69, 9.17) is 18.6 Å². The van der Waals surface area contributed by atoms with E-state index in [0.717, 1.165) is 28.7 Å². The van der Waals surface area contributed by atoms with Gasteiger partial charge in [-0.3, -0.25) is 0 Å². The van der Waals surface area contributed by atoms with E-state index in [-0.39, 0.29) is 6.10 Å². The summed E-state index contributed by atoms with van der Waals surface area (Å²) in [5, 5.41) is 0. The molecule has 3 aromatic rings. The highest BCUT2D eigenvalue weighted by Gasteiger charge is 2.18. The van der Waals surface area contributed by atoms with E-state index in [9.17, 15) is 4.79 Å². The fraction of sp³-hybridized carbons (Fsp3) is 0.333. The van der Waals surface area contributed by atoms with E-state index in [1.54, 1.807) is 13.4 Å². The monoisotopic (exact) mass is 409 g/mol. The van der Waals surface area contributed by atoms with E-state index in [0.29, 0.717) is 42.5 Å². The second-order valence-electron chi connectivity index (χ2n) is 7.00. The third-order valence-corrected chi connectivity index (χ3v) is 4.47. The quantitative estimate of drug-likeness (QED) is 0.421. The zero-order valence-electron chi connectivity index (χ0n) is 17.8. The SMILES string of the molecule is CCOc1cc(-c2nc(-c3cccc(CCC=O)c3OC(C)C)co2)ccc1OC. The normalized spacial score (nSPS) is 10.8. The van der Waals surface area contributed by atoms with Crippen LogP contribution >= 0.6 is 0 Å². The van der Waals surface area contributed by atoms with Gasteiger partial charge in [-0.15, -0.1) is 0 Å². The topological polar surface area (TPSA) is 70.8 Å². The summed E-state index contributed by atoms with van der Waals surface area (Å²) in [5.74, 6) is 2.50. The maximum Gasteiger partial charge on any atom is 0.226 e. The molecule has 0 aliphatic heterocycles. The molecule has 0 N–H and O–H groups in total. The number of benzene rings is 2. The number of hydrogen-bond donors (Lipinski definition) is 0. The lowest BCUT2D eigenvalue weighted by atomic mass is 10.0. The molecule has 1 aromatic heterocycles. The number of ether oxygens (including phenoxy) is 3. The lowest BCUT2D eigenvalue weighted by Gasteiger charge is -2.17. The maximum absolute atomic E-state index is 10.9. The number of methoxy groups -OCH3 is 1. The Morgan fingerprint density at radius 1 is 1.17 bits per heavy atom. The molecule has 3 rings (SSSR count). The van der Waals surface area contributed by atoms with Gasteiger partial charge in [0.05, 0.1) is 19.8 Å². The smallest absolute Gasteiger partial charge is 0.226 e. The van der Waals surface area contributed by atoms with Gasteiger partial charge in [0.1, 0.15) is 24.0 Å². The van der Waals surface area contributed by atoms with E-state index in [1.807, 2.05) is 57.2 Å². The molecule has 0 spiro atoms. The summed E-state index contributed by atoms with van der Waals surface area (Å²) in [6.45, 7) is 6.39. The number of aldehydes is 1.